The molecule has 0 heterocycles. The summed E-state index contributed by atoms with van der Waals surface area (Å²) in [5, 5.41) is 9.21. The second kappa shape index (κ2) is 6.68. The van der Waals surface area contributed by atoms with Crippen LogP contribution in [0.4, 0.5) is 0 Å². The first-order chi connectivity index (χ1) is 9.15. The van der Waals surface area contributed by atoms with Crippen molar-refractivity contribution in [2.24, 2.45) is 5.92 Å². The van der Waals surface area contributed by atoms with Gasteiger partial charge >= 0.3 is 0 Å². The number of aliphatic hydroxyl groups excluding tert-OH is 1. The third-order valence-electron chi connectivity index (χ3n) is 3.51. The summed E-state index contributed by atoms with van der Waals surface area (Å²) < 4.78 is 5.42. The molecule has 1 aliphatic rings. The minimum Gasteiger partial charge on any atom is -0.393 e. The smallest absolute Gasteiger partial charge is 0.248 e. The molecule has 0 aromatic heterocycles. The molecular weight excluding hydrogens is 242 g/mol. The fourth-order valence-electron chi connectivity index (χ4n) is 2.28. The molecule has 1 amide bonds. The number of amides is 1. The summed E-state index contributed by atoms with van der Waals surface area (Å²) in [4.78, 5) is 13.5. The van der Waals surface area contributed by atoms with Crippen LogP contribution in [0.1, 0.15) is 18.4 Å². The van der Waals surface area contributed by atoms with Gasteiger partial charge in [-0.2, -0.15) is 0 Å². The summed E-state index contributed by atoms with van der Waals surface area (Å²) in [7, 11) is 1.79. The largest absolute Gasteiger partial charge is 0.393 e. The molecule has 1 aliphatic carbocycles. The highest BCUT2D eigenvalue weighted by molar-refractivity contribution is 5.77. The summed E-state index contributed by atoms with van der Waals surface area (Å²) in [5.41, 5.74) is 1.07. The summed E-state index contributed by atoms with van der Waals surface area (Å²) >= 11 is 0. The molecule has 0 spiro atoms. The van der Waals surface area contributed by atoms with Crippen molar-refractivity contribution in [1.29, 1.82) is 0 Å². The number of carbonyl (C=O) groups excluding carboxylic acids is 1. The summed E-state index contributed by atoms with van der Waals surface area (Å²) in [6.45, 7) is 1.29. The molecule has 104 valence electrons. The molecule has 19 heavy (non-hydrogen) atoms. The Morgan fingerprint density at radius 2 is 2.05 bits per heavy atom. The van der Waals surface area contributed by atoms with Gasteiger partial charge in [0, 0.05) is 13.6 Å². The van der Waals surface area contributed by atoms with Crippen molar-refractivity contribution in [3.8, 4) is 0 Å². The Morgan fingerprint density at radius 1 is 1.37 bits per heavy atom. The van der Waals surface area contributed by atoms with Crippen molar-refractivity contribution in [2.75, 3.05) is 20.2 Å². The summed E-state index contributed by atoms with van der Waals surface area (Å²) in [6.07, 6.45) is 1.45. The van der Waals surface area contributed by atoms with Crippen LogP contribution in [0.5, 0.6) is 0 Å². The summed E-state index contributed by atoms with van der Waals surface area (Å²) in [5.74, 6) is 0.440. The monoisotopic (exact) mass is 263 g/mol. The van der Waals surface area contributed by atoms with Crippen LogP contribution < -0.4 is 0 Å². The highest BCUT2D eigenvalue weighted by atomic mass is 16.5. The van der Waals surface area contributed by atoms with Crippen LogP contribution in [0.15, 0.2) is 30.3 Å². The zero-order chi connectivity index (χ0) is 13.7. The quantitative estimate of drug-likeness (QED) is 0.844. The number of carbonyl (C=O) groups is 1. The van der Waals surface area contributed by atoms with Gasteiger partial charge in [0.05, 0.1) is 12.7 Å². The fourth-order valence-corrected chi connectivity index (χ4v) is 2.28. The Morgan fingerprint density at radius 3 is 2.68 bits per heavy atom. The Hall–Kier alpha value is -1.39. The van der Waals surface area contributed by atoms with Gasteiger partial charge in [-0.1, -0.05) is 30.3 Å². The molecule has 1 aromatic rings. The number of ether oxygens (including phenoxy) is 1. The molecule has 0 atom stereocenters. The molecule has 0 radical (unpaired) electrons. The Kier molecular flexibility index (Phi) is 4.93. The van der Waals surface area contributed by atoms with Crippen LogP contribution in [0.2, 0.25) is 0 Å². The van der Waals surface area contributed by atoms with Gasteiger partial charge in [0.15, 0.2) is 0 Å². The Labute approximate surface area is 114 Å². The molecule has 0 saturated heterocycles. The standard InChI is InChI=1S/C15H21NO3/c1-16(9-13-7-14(17)8-13)15(18)11-19-10-12-5-3-2-4-6-12/h2-6,13-14,17H,7-11H2,1H3. The van der Waals surface area contributed by atoms with Crippen molar-refractivity contribution >= 4 is 5.91 Å². The van der Waals surface area contributed by atoms with E-state index in [-0.39, 0.29) is 18.6 Å². The molecule has 4 heteroatoms. The summed E-state index contributed by atoms with van der Waals surface area (Å²) in [6, 6.07) is 9.81. The molecule has 4 nitrogen and oxygen atoms in total. The van der Waals surface area contributed by atoms with Gasteiger partial charge in [0.2, 0.25) is 5.91 Å². The topological polar surface area (TPSA) is 49.8 Å². The van der Waals surface area contributed by atoms with Crippen LogP contribution in [-0.2, 0) is 16.1 Å². The number of rotatable bonds is 6. The highest BCUT2D eigenvalue weighted by Gasteiger charge is 2.28. The van der Waals surface area contributed by atoms with Crippen molar-refractivity contribution in [3.05, 3.63) is 35.9 Å². The second-order valence-electron chi connectivity index (χ2n) is 5.24. The van der Waals surface area contributed by atoms with Crippen LogP contribution in [0.25, 0.3) is 0 Å². The number of hydrogen-bond acceptors (Lipinski definition) is 3. The Balaban J connectivity index is 1.63. The number of benzene rings is 1. The first-order valence-corrected chi connectivity index (χ1v) is 6.69. The van der Waals surface area contributed by atoms with E-state index in [2.05, 4.69) is 0 Å². The van der Waals surface area contributed by atoms with E-state index in [1.54, 1.807) is 11.9 Å². The first kappa shape index (κ1) is 14.0. The van der Waals surface area contributed by atoms with Crippen LogP contribution >= 0.6 is 0 Å². The zero-order valence-corrected chi connectivity index (χ0v) is 11.3. The maximum atomic E-state index is 11.8. The van der Waals surface area contributed by atoms with E-state index in [1.807, 2.05) is 30.3 Å². The van der Waals surface area contributed by atoms with Crippen LogP contribution in [-0.4, -0.2) is 42.2 Å². The van der Waals surface area contributed by atoms with E-state index in [4.69, 9.17) is 4.74 Å². The molecule has 1 aromatic carbocycles. The third kappa shape index (κ3) is 4.33. The number of hydrogen-bond donors (Lipinski definition) is 1. The van der Waals surface area contributed by atoms with E-state index >= 15 is 0 Å². The Bertz CT molecular complexity index is 401. The van der Waals surface area contributed by atoms with Crippen LogP contribution in [0.3, 0.4) is 0 Å². The molecule has 0 unspecified atom stereocenters. The van der Waals surface area contributed by atoms with Gasteiger partial charge in [-0.15, -0.1) is 0 Å². The van der Waals surface area contributed by atoms with E-state index in [0.717, 1.165) is 18.4 Å². The van der Waals surface area contributed by atoms with Gasteiger partial charge in [-0.05, 0) is 24.3 Å². The lowest BCUT2D eigenvalue weighted by Crippen LogP contribution is -2.40. The fraction of sp³-hybridized carbons (Fsp3) is 0.533. The average Bonchev–Trinajstić information content (AvgIpc) is 2.38. The lowest BCUT2D eigenvalue weighted by Gasteiger charge is -2.34. The minimum atomic E-state index is -0.164. The maximum Gasteiger partial charge on any atom is 0.248 e. The van der Waals surface area contributed by atoms with Crippen molar-refractivity contribution < 1.29 is 14.6 Å². The molecule has 1 saturated carbocycles. The first-order valence-electron chi connectivity index (χ1n) is 6.69. The third-order valence-corrected chi connectivity index (χ3v) is 3.51. The number of nitrogens with zero attached hydrogens (tertiary/aromatic N) is 1. The lowest BCUT2D eigenvalue weighted by atomic mass is 9.82. The van der Waals surface area contributed by atoms with Crippen molar-refractivity contribution in [3.63, 3.8) is 0 Å². The maximum absolute atomic E-state index is 11.8. The van der Waals surface area contributed by atoms with Crippen LogP contribution in [0, 0.1) is 5.92 Å². The SMILES string of the molecule is CN(CC1CC(O)C1)C(=O)COCc1ccccc1. The highest BCUT2D eigenvalue weighted by Crippen LogP contribution is 2.27. The van der Waals surface area contributed by atoms with Crippen molar-refractivity contribution in [2.45, 2.75) is 25.6 Å². The van der Waals surface area contributed by atoms with Gasteiger partial charge < -0.3 is 14.7 Å². The average molecular weight is 263 g/mol. The minimum absolute atomic E-state index is 0.00248. The lowest BCUT2D eigenvalue weighted by molar-refractivity contribution is -0.136. The van der Waals surface area contributed by atoms with E-state index in [1.165, 1.54) is 0 Å². The van der Waals surface area contributed by atoms with E-state index in [0.29, 0.717) is 19.1 Å². The van der Waals surface area contributed by atoms with Gasteiger partial charge in [-0.3, -0.25) is 4.79 Å². The van der Waals surface area contributed by atoms with E-state index in [9.17, 15) is 9.90 Å². The van der Waals surface area contributed by atoms with Gasteiger partial charge in [-0.25, -0.2) is 0 Å². The number of aliphatic hydroxyl groups is 1. The molecule has 1 fully saturated rings. The normalized spacial score (nSPS) is 21.8. The van der Waals surface area contributed by atoms with Gasteiger partial charge in [0.1, 0.15) is 6.61 Å². The zero-order valence-electron chi connectivity index (χ0n) is 11.3. The molecule has 0 bridgehead atoms. The van der Waals surface area contributed by atoms with E-state index < -0.39 is 0 Å². The predicted molar refractivity (Wildman–Crippen MR) is 72.5 cm³/mol. The van der Waals surface area contributed by atoms with Gasteiger partial charge in [0.25, 0.3) is 0 Å². The molecule has 2 rings (SSSR count). The number of likely N-dealkylation sites (N-methyl/N-ethyl adjacent to an activating group) is 1. The van der Waals surface area contributed by atoms with Crippen molar-refractivity contribution in [1.82, 2.24) is 4.90 Å². The molecule has 0 aliphatic heterocycles. The second-order valence-corrected chi connectivity index (χ2v) is 5.24. The molecular formula is C15H21NO3. The predicted octanol–water partition coefficient (Wildman–Crippen LogP) is 1.43. The molecule has 1 N–H and O–H groups in total.